The summed E-state index contributed by atoms with van der Waals surface area (Å²) in [7, 11) is 2.13. The van der Waals surface area contributed by atoms with Crippen LogP contribution in [0.15, 0.2) is 41.4 Å². The van der Waals surface area contributed by atoms with E-state index in [0.29, 0.717) is 23.7 Å². The van der Waals surface area contributed by atoms with Crippen molar-refractivity contribution in [3.05, 3.63) is 59.5 Å². The van der Waals surface area contributed by atoms with Crippen LogP contribution in [0.2, 0.25) is 0 Å². The van der Waals surface area contributed by atoms with Crippen molar-refractivity contribution in [3.63, 3.8) is 0 Å². The molecule has 142 valence electrons. The maximum atomic E-state index is 13.8. The first-order chi connectivity index (χ1) is 13.0. The van der Waals surface area contributed by atoms with Gasteiger partial charge in [0.25, 0.3) is 0 Å². The van der Waals surface area contributed by atoms with Gasteiger partial charge in [-0.1, -0.05) is 0 Å². The van der Waals surface area contributed by atoms with Crippen molar-refractivity contribution in [2.45, 2.75) is 23.7 Å². The molecule has 2 aromatic carbocycles. The molecular weight excluding hydrogens is 373 g/mol. The van der Waals surface area contributed by atoms with Gasteiger partial charge in [0.1, 0.15) is 5.75 Å². The first-order valence-electron chi connectivity index (χ1n) is 8.80. The number of rotatable bonds is 4. The van der Waals surface area contributed by atoms with Gasteiger partial charge in [-0.2, -0.15) is 0 Å². The fourth-order valence-corrected chi connectivity index (χ4v) is 4.07. The summed E-state index contributed by atoms with van der Waals surface area (Å²) in [6, 6.07) is 7.63. The molecule has 1 saturated heterocycles. The zero-order chi connectivity index (χ0) is 19.0. The summed E-state index contributed by atoms with van der Waals surface area (Å²) in [6.45, 7) is 2.14. The smallest absolute Gasteiger partial charge is 0.195 e. The summed E-state index contributed by atoms with van der Waals surface area (Å²) in [4.78, 5) is 5.52. The van der Waals surface area contributed by atoms with E-state index in [0.717, 1.165) is 49.0 Å². The summed E-state index contributed by atoms with van der Waals surface area (Å²) >= 11 is 0.677. The van der Waals surface area contributed by atoms with Crippen molar-refractivity contribution < 1.29 is 17.4 Å². The maximum absolute atomic E-state index is 13.8. The Morgan fingerprint density at radius 2 is 1.85 bits per heavy atom. The lowest BCUT2D eigenvalue weighted by Gasteiger charge is -2.28. The predicted molar refractivity (Wildman–Crippen MR) is 101 cm³/mol. The van der Waals surface area contributed by atoms with Crippen LogP contribution in [0.5, 0.6) is 5.75 Å². The Balaban J connectivity index is 1.55. The molecular formula is C20H19F3N2OS. The Morgan fingerprint density at radius 1 is 1.07 bits per heavy atom. The van der Waals surface area contributed by atoms with Crippen LogP contribution in [0.4, 0.5) is 13.2 Å². The van der Waals surface area contributed by atoms with Gasteiger partial charge in [-0.05, 0) is 74.8 Å². The van der Waals surface area contributed by atoms with Gasteiger partial charge in [0.2, 0.25) is 0 Å². The summed E-state index contributed by atoms with van der Waals surface area (Å²) in [6.07, 6.45) is 4.25. The number of piperidine rings is 1. The molecule has 0 atom stereocenters. The molecule has 0 spiro atoms. The van der Waals surface area contributed by atoms with Crippen LogP contribution in [0.3, 0.4) is 0 Å². The molecule has 0 unspecified atom stereocenters. The van der Waals surface area contributed by atoms with Crippen molar-refractivity contribution >= 4 is 22.9 Å². The highest BCUT2D eigenvalue weighted by molar-refractivity contribution is 7.95. The molecule has 0 amide bonds. The quantitative estimate of drug-likeness (QED) is 0.471. The number of aromatic nitrogens is 1. The van der Waals surface area contributed by atoms with Crippen molar-refractivity contribution in [2.24, 2.45) is 0 Å². The third kappa shape index (κ3) is 3.66. The number of nitrogens with zero attached hydrogens (tertiary/aromatic N) is 1. The first-order valence-corrected chi connectivity index (χ1v) is 9.54. The number of halogens is 3. The van der Waals surface area contributed by atoms with Gasteiger partial charge >= 0.3 is 0 Å². The monoisotopic (exact) mass is 392 g/mol. The Hall–Kier alpha value is -2.12. The molecule has 0 saturated carbocycles. The van der Waals surface area contributed by atoms with Gasteiger partial charge in [0.15, 0.2) is 17.5 Å². The molecule has 0 aliphatic carbocycles. The molecule has 3 aromatic rings. The maximum Gasteiger partial charge on any atom is 0.195 e. The molecule has 27 heavy (non-hydrogen) atoms. The van der Waals surface area contributed by atoms with Gasteiger partial charge < -0.3 is 14.1 Å². The predicted octanol–water partition coefficient (Wildman–Crippen LogP) is 5.48. The Labute approximate surface area is 159 Å². The highest BCUT2D eigenvalue weighted by Gasteiger charge is 2.21. The number of likely N-dealkylation sites (tertiary alicyclic amines) is 1. The standard InChI is InChI=1S/C20H19F3N2OS/c1-25-8-6-12(7-9-25)15-11-24-17-4-2-13(10-14(15)17)26-27-18-5-3-16(21)19(22)20(18)23/h2-5,10-12,24H,6-9H2,1H3. The molecule has 4 rings (SSSR count). The molecule has 7 heteroatoms. The van der Waals surface area contributed by atoms with E-state index in [1.165, 1.54) is 5.56 Å². The molecule has 1 aliphatic rings. The number of aromatic amines is 1. The number of H-pyrrole nitrogens is 1. The average Bonchev–Trinajstić information content (AvgIpc) is 3.09. The minimum Gasteiger partial charge on any atom is -0.421 e. The number of hydrogen-bond acceptors (Lipinski definition) is 3. The lowest BCUT2D eigenvalue weighted by Crippen LogP contribution is -2.29. The normalized spacial score (nSPS) is 16.1. The summed E-state index contributed by atoms with van der Waals surface area (Å²) in [5.41, 5.74) is 2.27. The zero-order valence-corrected chi connectivity index (χ0v) is 15.6. The molecule has 0 bridgehead atoms. The highest BCUT2D eigenvalue weighted by Crippen LogP contribution is 2.36. The third-order valence-electron chi connectivity index (χ3n) is 5.07. The minimum atomic E-state index is -1.49. The second-order valence-corrected chi connectivity index (χ2v) is 7.64. The Bertz CT molecular complexity index is 967. The zero-order valence-electron chi connectivity index (χ0n) is 14.8. The van der Waals surface area contributed by atoms with Gasteiger partial charge in [0, 0.05) is 17.1 Å². The second-order valence-electron chi connectivity index (χ2n) is 6.87. The van der Waals surface area contributed by atoms with E-state index < -0.39 is 17.5 Å². The van der Waals surface area contributed by atoms with Gasteiger partial charge in [0.05, 0.1) is 16.9 Å². The van der Waals surface area contributed by atoms with Crippen molar-refractivity contribution in [1.29, 1.82) is 0 Å². The van der Waals surface area contributed by atoms with Crippen molar-refractivity contribution in [3.8, 4) is 5.75 Å². The van der Waals surface area contributed by atoms with Crippen LogP contribution in [0.1, 0.15) is 24.3 Å². The molecule has 0 radical (unpaired) electrons. The molecule has 2 heterocycles. The van der Waals surface area contributed by atoms with E-state index in [1.807, 2.05) is 18.3 Å². The largest absolute Gasteiger partial charge is 0.421 e. The molecule has 1 aliphatic heterocycles. The van der Waals surface area contributed by atoms with E-state index in [1.54, 1.807) is 6.07 Å². The average molecular weight is 392 g/mol. The van der Waals surface area contributed by atoms with Crippen LogP contribution in [-0.4, -0.2) is 30.0 Å². The first kappa shape index (κ1) is 18.3. The Morgan fingerprint density at radius 3 is 2.63 bits per heavy atom. The number of hydrogen-bond donors (Lipinski definition) is 1. The van der Waals surface area contributed by atoms with E-state index in [4.69, 9.17) is 4.18 Å². The summed E-state index contributed by atoms with van der Waals surface area (Å²) < 4.78 is 45.7. The topological polar surface area (TPSA) is 28.3 Å². The van der Waals surface area contributed by atoms with Gasteiger partial charge in [-0.3, -0.25) is 0 Å². The summed E-state index contributed by atoms with van der Waals surface area (Å²) in [5, 5.41) is 1.08. The molecule has 1 aromatic heterocycles. The van der Waals surface area contributed by atoms with Crippen LogP contribution in [0.25, 0.3) is 10.9 Å². The fraction of sp³-hybridized carbons (Fsp3) is 0.300. The fourth-order valence-electron chi connectivity index (χ4n) is 3.50. The lowest BCUT2D eigenvalue weighted by atomic mass is 9.89. The Kier molecular flexibility index (Phi) is 5.06. The second kappa shape index (κ2) is 7.48. The van der Waals surface area contributed by atoms with Crippen LogP contribution in [-0.2, 0) is 0 Å². The van der Waals surface area contributed by atoms with Gasteiger partial charge in [-0.15, -0.1) is 0 Å². The SMILES string of the molecule is CN1CCC(c2c[nH]c3ccc(OSc4ccc(F)c(F)c4F)cc23)CC1. The van der Waals surface area contributed by atoms with Crippen LogP contribution < -0.4 is 4.18 Å². The third-order valence-corrected chi connectivity index (χ3v) is 5.84. The minimum absolute atomic E-state index is 0.0985. The van der Waals surface area contributed by atoms with Crippen LogP contribution in [0, 0.1) is 17.5 Å². The van der Waals surface area contributed by atoms with E-state index >= 15 is 0 Å². The van der Waals surface area contributed by atoms with Crippen molar-refractivity contribution in [2.75, 3.05) is 20.1 Å². The van der Waals surface area contributed by atoms with Crippen molar-refractivity contribution in [1.82, 2.24) is 9.88 Å². The number of nitrogens with one attached hydrogen (secondary N) is 1. The molecule has 3 nitrogen and oxygen atoms in total. The van der Waals surface area contributed by atoms with E-state index in [2.05, 4.69) is 16.9 Å². The number of fused-ring (bicyclic) bond motifs is 1. The molecule has 1 fully saturated rings. The molecule has 1 N–H and O–H groups in total. The highest BCUT2D eigenvalue weighted by atomic mass is 32.2. The number of benzene rings is 2. The van der Waals surface area contributed by atoms with E-state index in [-0.39, 0.29) is 4.90 Å². The van der Waals surface area contributed by atoms with Gasteiger partial charge in [-0.25, -0.2) is 13.2 Å². The van der Waals surface area contributed by atoms with E-state index in [9.17, 15) is 13.2 Å². The van der Waals surface area contributed by atoms with Crippen LogP contribution >= 0.6 is 12.0 Å². The summed E-state index contributed by atoms with van der Waals surface area (Å²) in [5.74, 6) is -2.93. The lowest BCUT2D eigenvalue weighted by molar-refractivity contribution is 0.256.